The van der Waals surface area contributed by atoms with Crippen molar-refractivity contribution in [3.63, 3.8) is 0 Å². The van der Waals surface area contributed by atoms with Gasteiger partial charge in [0.1, 0.15) is 0 Å². The van der Waals surface area contributed by atoms with Gasteiger partial charge in [0, 0.05) is 6.08 Å². The van der Waals surface area contributed by atoms with Gasteiger partial charge in [-0.3, -0.25) is 0 Å². The number of aliphatic carboxylic acids is 1. The molecule has 2 nitrogen and oxygen atoms in total. The second-order valence-corrected chi connectivity index (χ2v) is 4.25. The first kappa shape index (κ1) is 14.2. The van der Waals surface area contributed by atoms with Crippen molar-refractivity contribution in [2.75, 3.05) is 0 Å². The van der Waals surface area contributed by atoms with Crippen LogP contribution in [0.3, 0.4) is 0 Å². The minimum absolute atomic E-state index is 0.841. The quantitative estimate of drug-likeness (QED) is 0.463. The van der Waals surface area contributed by atoms with Gasteiger partial charge in [0.15, 0.2) is 0 Å². The molecule has 0 aromatic carbocycles. The van der Waals surface area contributed by atoms with Gasteiger partial charge < -0.3 is 5.11 Å². The van der Waals surface area contributed by atoms with Crippen molar-refractivity contribution in [1.29, 1.82) is 0 Å². The van der Waals surface area contributed by atoms with Gasteiger partial charge in [-0.2, -0.15) is 0 Å². The van der Waals surface area contributed by atoms with Crippen LogP contribution in [0.2, 0.25) is 0 Å². The van der Waals surface area contributed by atoms with Crippen molar-refractivity contribution < 1.29 is 9.90 Å². The molecule has 88 valence electrons. The maximum Gasteiger partial charge on any atom is 0.327 e. The molecule has 0 bridgehead atoms. The highest BCUT2D eigenvalue weighted by Gasteiger charge is 1.97. The van der Waals surface area contributed by atoms with Gasteiger partial charge in [0.05, 0.1) is 0 Å². The fraction of sp³-hybridized carbons (Fsp3) is 0.769. The number of unbranched alkanes of at least 4 members (excludes halogenated alkanes) is 4. The Morgan fingerprint density at radius 2 is 1.93 bits per heavy atom. The monoisotopic (exact) mass is 212 g/mol. The molecular weight excluding hydrogens is 188 g/mol. The summed E-state index contributed by atoms with van der Waals surface area (Å²) in [6.07, 6.45) is 11.4. The summed E-state index contributed by atoms with van der Waals surface area (Å²) in [4.78, 5) is 10.2. The number of hydrogen-bond acceptors (Lipinski definition) is 1. The molecule has 0 spiro atoms. The molecule has 1 atom stereocenters. The van der Waals surface area contributed by atoms with Crippen LogP contribution in [0.15, 0.2) is 12.2 Å². The van der Waals surface area contributed by atoms with E-state index in [1.165, 1.54) is 38.2 Å². The number of rotatable bonds is 9. The zero-order chi connectivity index (χ0) is 11.5. The fourth-order valence-electron chi connectivity index (χ4n) is 1.50. The second-order valence-electron chi connectivity index (χ2n) is 4.25. The zero-order valence-corrected chi connectivity index (χ0v) is 10.0. The molecular formula is C13H24O2. The normalized spacial score (nSPS) is 13.2. The minimum Gasteiger partial charge on any atom is -0.478 e. The first-order chi connectivity index (χ1) is 7.16. The highest BCUT2D eigenvalue weighted by atomic mass is 16.4. The summed E-state index contributed by atoms with van der Waals surface area (Å²) in [5.74, 6) is 0.0173. The van der Waals surface area contributed by atoms with Crippen molar-refractivity contribution in [2.24, 2.45) is 5.92 Å². The van der Waals surface area contributed by atoms with E-state index in [1.54, 1.807) is 6.08 Å². The Morgan fingerprint density at radius 1 is 1.27 bits per heavy atom. The van der Waals surface area contributed by atoms with Gasteiger partial charge >= 0.3 is 5.97 Å². The topological polar surface area (TPSA) is 37.3 Å². The number of hydrogen-bond donors (Lipinski definition) is 1. The van der Waals surface area contributed by atoms with Crippen molar-refractivity contribution in [3.05, 3.63) is 12.2 Å². The van der Waals surface area contributed by atoms with Crippen LogP contribution in [0.1, 0.15) is 58.8 Å². The summed E-state index contributed by atoms with van der Waals surface area (Å²) >= 11 is 0. The molecule has 1 N–H and O–H groups in total. The van der Waals surface area contributed by atoms with Gasteiger partial charge in [0.2, 0.25) is 0 Å². The molecule has 0 aliphatic carbocycles. The van der Waals surface area contributed by atoms with E-state index in [-0.39, 0.29) is 0 Å². The highest BCUT2D eigenvalue weighted by molar-refractivity contribution is 5.79. The molecule has 0 rings (SSSR count). The molecule has 0 radical (unpaired) electrons. The van der Waals surface area contributed by atoms with E-state index in [2.05, 4.69) is 13.8 Å². The molecule has 15 heavy (non-hydrogen) atoms. The number of carboxylic acids is 1. The summed E-state index contributed by atoms with van der Waals surface area (Å²) < 4.78 is 0. The fourth-order valence-corrected chi connectivity index (χ4v) is 1.50. The first-order valence-corrected chi connectivity index (χ1v) is 6.06. The maximum absolute atomic E-state index is 10.2. The molecule has 2 heteroatoms. The Balaban J connectivity index is 3.15. The first-order valence-electron chi connectivity index (χ1n) is 6.06. The number of carboxylic acid groups (broad SMARTS) is 1. The lowest BCUT2D eigenvalue weighted by atomic mass is 10.00. The van der Waals surface area contributed by atoms with Gasteiger partial charge in [-0.15, -0.1) is 0 Å². The van der Waals surface area contributed by atoms with E-state index in [0.717, 1.165) is 18.8 Å². The van der Waals surface area contributed by atoms with Crippen LogP contribution in [-0.2, 0) is 4.79 Å². The third kappa shape index (κ3) is 11.1. The van der Waals surface area contributed by atoms with Crippen LogP contribution in [0.4, 0.5) is 0 Å². The molecule has 1 unspecified atom stereocenters. The molecule has 0 aromatic rings. The molecule has 0 aliphatic heterocycles. The average molecular weight is 212 g/mol. The third-order valence-electron chi connectivity index (χ3n) is 2.78. The van der Waals surface area contributed by atoms with E-state index >= 15 is 0 Å². The van der Waals surface area contributed by atoms with Crippen LogP contribution >= 0.6 is 0 Å². The molecule has 0 heterocycles. The van der Waals surface area contributed by atoms with Gasteiger partial charge in [-0.1, -0.05) is 52.0 Å². The van der Waals surface area contributed by atoms with E-state index in [9.17, 15) is 4.79 Å². The standard InChI is InChI=1S/C13H24O2/c1-3-12(2)10-8-6-4-5-7-9-11-13(14)15/h9,11-12H,3-8,10H2,1-2H3,(H,14,15)/b11-9+. The molecule has 0 fully saturated rings. The molecule has 0 amide bonds. The predicted molar refractivity (Wildman–Crippen MR) is 63.9 cm³/mol. The SMILES string of the molecule is CCC(C)CCCCCC/C=C/C(=O)O. The average Bonchev–Trinajstić information content (AvgIpc) is 2.21. The Bertz CT molecular complexity index is 185. The van der Waals surface area contributed by atoms with Crippen molar-refractivity contribution in [3.8, 4) is 0 Å². The lowest BCUT2D eigenvalue weighted by Gasteiger charge is -2.06. The van der Waals surface area contributed by atoms with Gasteiger partial charge in [0.25, 0.3) is 0 Å². The number of allylic oxidation sites excluding steroid dienone is 1. The lowest BCUT2D eigenvalue weighted by Crippen LogP contribution is -1.91. The van der Waals surface area contributed by atoms with E-state index < -0.39 is 5.97 Å². The number of carbonyl (C=O) groups is 1. The highest BCUT2D eigenvalue weighted by Crippen LogP contribution is 2.13. The lowest BCUT2D eigenvalue weighted by molar-refractivity contribution is -0.131. The van der Waals surface area contributed by atoms with Gasteiger partial charge in [-0.25, -0.2) is 4.79 Å². The summed E-state index contributed by atoms with van der Waals surface area (Å²) in [5, 5.41) is 8.36. The minimum atomic E-state index is -0.841. The summed E-state index contributed by atoms with van der Waals surface area (Å²) in [6, 6.07) is 0. The van der Waals surface area contributed by atoms with Crippen molar-refractivity contribution in [1.82, 2.24) is 0 Å². The largest absolute Gasteiger partial charge is 0.478 e. The Labute approximate surface area is 93.4 Å². The van der Waals surface area contributed by atoms with Crippen molar-refractivity contribution in [2.45, 2.75) is 58.8 Å². The van der Waals surface area contributed by atoms with E-state index in [1.807, 2.05) is 0 Å². The third-order valence-corrected chi connectivity index (χ3v) is 2.78. The molecule has 0 saturated carbocycles. The predicted octanol–water partition coefficient (Wildman–Crippen LogP) is 4.01. The maximum atomic E-state index is 10.2. The summed E-state index contributed by atoms with van der Waals surface area (Å²) in [7, 11) is 0. The van der Waals surface area contributed by atoms with Crippen LogP contribution < -0.4 is 0 Å². The van der Waals surface area contributed by atoms with Crippen LogP contribution in [0, 0.1) is 5.92 Å². The molecule has 0 saturated heterocycles. The van der Waals surface area contributed by atoms with E-state index in [0.29, 0.717) is 0 Å². The molecule has 0 aliphatic rings. The summed E-state index contributed by atoms with van der Waals surface area (Å²) in [6.45, 7) is 4.54. The van der Waals surface area contributed by atoms with Crippen LogP contribution in [0.5, 0.6) is 0 Å². The molecule has 0 aromatic heterocycles. The Kier molecular flexibility index (Phi) is 9.24. The smallest absolute Gasteiger partial charge is 0.327 e. The van der Waals surface area contributed by atoms with Gasteiger partial charge in [-0.05, 0) is 18.8 Å². The van der Waals surface area contributed by atoms with Crippen LogP contribution in [-0.4, -0.2) is 11.1 Å². The second kappa shape index (κ2) is 9.75. The van der Waals surface area contributed by atoms with Crippen LogP contribution in [0.25, 0.3) is 0 Å². The Hall–Kier alpha value is -0.790. The zero-order valence-electron chi connectivity index (χ0n) is 10.0. The Morgan fingerprint density at radius 3 is 2.53 bits per heavy atom. The van der Waals surface area contributed by atoms with E-state index in [4.69, 9.17) is 5.11 Å². The summed E-state index contributed by atoms with van der Waals surface area (Å²) in [5.41, 5.74) is 0. The van der Waals surface area contributed by atoms with Crippen molar-refractivity contribution >= 4 is 5.97 Å².